The van der Waals surface area contributed by atoms with Gasteiger partial charge in [-0.2, -0.15) is 0 Å². The van der Waals surface area contributed by atoms with E-state index in [0.717, 1.165) is 77.5 Å². The van der Waals surface area contributed by atoms with Crippen LogP contribution in [0.5, 0.6) is 0 Å². The first-order valence-corrected chi connectivity index (χ1v) is 16.6. The topological polar surface area (TPSA) is 29.5 Å². The van der Waals surface area contributed by atoms with Crippen LogP contribution in [0.3, 0.4) is 0 Å². The Morgan fingerprint density at radius 3 is 1.73 bits per heavy atom. The van der Waals surface area contributed by atoms with E-state index in [-0.39, 0.29) is 0 Å². The molecule has 230 valence electrons. The zero-order chi connectivity index (χ0) is 32.3. The summed E-state index contributed by atoms with van der Waals surface area (Å²) in [7, 11) is 0. The first-order chi connectivity index (χ1) is 24.3. The van der Waals surface area contributed by atoms with Gasteiger partial charge in [0.1, 0.15) is 22.3 Å². The fourth-order valence-corrected chi connectivity index (χ4v) is 7.31. The number of rotatable bonds is 5. The number of furan rings is 2. The highest BCUT2D eigenvalue weighted by atomic mass is 16.3. The third kappa shape index (κ3) is 4.51. The van der Waals surface area contributed by atoms with Crippen molar-refractivity contribution in [1.29, 1.82) is 0 Å². The van der Waals surface area contributed by atoms with E-state index >= 15 is 0 Å². The summed E-state index contributed by atoms with van der Waals surface area (Å²) in [5, 5.41) is 6.75. The van der Waals surface area contributed by atoms with Gasteiger partial charge in [0, 0.05) is 44.0 Å². The van der Waals surface area contributed by atoms with Gasteiger partial charge in [-0.3, -0.25) is 0 Å². The fraction of sp³-hybridized carbons (Fsp3) is 0. The van der Waals surface area contributed by atoms with Crippen LogP contribution in [0.2, 0.25) is 0 Å². The van der Waals surface area contributed by atoms with Crippen molar-refractivity contribution < 1.29 is 8.83 Å². The molecule has 0 aliphatic carbocycles. The van der Waals surface area contributed by atoms with Crippen LogP contribution in [-0.2, 0) is 0 Å². The molecule has 49 heavy (non-hydrogen) atoms. The Balaban J connectivity index is 1.11. The molecule has 0 bridgehead atoms. The molecular formula is C46H29NO2. The molecule has 0 radical (unpaired) electrons. The molecule has 0 saturated carbocycles. The zero-order valence-electron chi connectivity index (χ0n) is 26.5. The van der Waals surface area contributed by atoms with Crippen LogP contribution in [0, 0.1) is 0 Å². The maximum absolute atomic E-state index is 6.61. The van der Waals surface area contributed by atoms with Crippen LogP contribution >= 0.6 is 0 Å². The molecule has 0 fully saturated rings. The average Bonchev–Trinajstić information content (AvgIpc) is 3.74. The highest BCUT2D eigenvalue weighted by Gasteiger charge is 2.18. The van der Waals surface area contributed by atoms with Crippen molar-refractivity contribution in [3.8, 4) is 22.3 Å². The molecular weight excluding hydrogens is 599 g/mol. The average molecular weight is 628 g/mol. The molecule has 0 aliphatic heterocycles. The van der Waals surface area contributed by atoms with E-state index in [1.54, 1.807) is 0 Å². The van der Waals surface area contributed by atoms with Crippen LogP contribution < -0.4 is 4.90 Å². The third-order valence-electron chi connectivity index (χ3n) is 9.66. The maximum Gasteiger partial charge on any atom is 0.143 e. The quantitative estimate of drug-likeness (QED) is 0.190. The molecule has 0 aliphatic rings. The maximum atomic E-state index is 6.61. The second-order valence-corrected chi connectivity index (χ2v) is 12.5. The lowest BCUT2D eigenvalue weighted by Crippen LogP contribution is -2.09. The van der Waals surface area contributed by atoms with Gasteiger partial charge in [-0.1, -0.05) is 109 Å². The van der Waals surface area contributed by atoms with Gasteiger partial charge in [0.05, 0.1) is 0 Å². The molecule has 8 aromatic carbocycles. The number of hydrogen-bond acceptors (Lipinski definition) is 3. The highest BCUT2D eigenvalue weighted by Crippen LogP contribution is 2.43. The summed E-state index contributed by atoms with van der Waals surface area (Å²) in [6.07, 6.45) is 0. The second-order valence-electron chi connectivity index (χ2n) is 12.5. The molecule has 3 nitrogen and oxygen atoms in total. The number of nitrogens with zero attached hydrogens (tertiary/aromatic N) is 1. The van der Waals surface area contributed by atoms with Gasteiger partial charge >= 0.3 is 0 Å². The van der Waals surface area contributed by atoms with E-state index < -0.39 is 0 Å². The summed E-state index contributed by atoms with van der Waals surface area (Å²) in [4.78, 5) is 2.31. The Bertz CT molecular complexity index is 2810. The van der Waals surface area contributed by atoms with Crippen LogP contribution in [0.4, 0.5) is 17.1 Å². The van der Waals surface area contributed by atoms with Gasteiger partial charge in [0.15, 0.2) is 0 Å². The minimum absolute atomic E-state index is 0.888. The van der Waals surface area contributed by atoms with E-state index in [1.165, 1.54) is 16.5 Å². The normalized spacial score (nSPS) is 11.7. The smallest absolute Gasteiger partial charge is 0.143 e. The number of para-hydroxylation sites is 2. The van der Waals surface area contributed by atoms with Crippen molar-refractivity contribution >= 4 is 71.7 Å². The summed E-state index contributed by atoms with van der Waals surface area (Å²) < 4.78 is 12.8. The van der Waals surface area contributed by atoms with Crippen molar-refractivity contribution in [2.75, 3.05) is 4.90 Å². The Hall–Kier alpha value is -6.58. The molecule has 0 amide bonds. The predicted molar refractivity (Wildman–Crippen MR) is 204 cm³/mol. The lowest BCUT2D eigenvalue weighted by molar-refractivity contribution is 0.669. The van der Waals surface area contributed by atoms with E-state index in [2.05, 4.69) is 163 Å². The van der Waals surface area contributed by atoms with E-state index in [1.807, 2.05) is 18.2 Å². The molecule has 0 unspecified atom stereocenters. The Kier molecular flexibility index (Phi) is 6.18. The van der Waals surface area contributed by atoms with Gasteiger partial charge in [-0.25, -0.2) is 0 Å². The molecule has 0 N–H and O–H groups in total. The number of anilines is 3. The van der Waals surface area contributed by atoms with Gasteiger partial charge in [-0.15, -0.1) is 0 Å². The van der Waals surface area contributed by atoms with Crippen molar-refractivity contribution in [2.45, 2.75) is 0 Å². The first-order valence-electron chi connectivity index (χ1n) is 16.6. The SMILES string of the molecule is c1ccc(-c2ccc3c(c2)oc2c4ccccc4c(-c4ccc(N(c5ccccc5)c5ccc6oc7ccccc7c6c5)cc4)cc32)cc1. The van der Waals surface area contributed by atoms with Gasteiger partial charge < -0.3 is 13.7 Å². The van der Waals surface area contributed by atoms with Gasteiger partial charge in [-0.05, 0) is 94.4 Å². The summed E-state index contributed by atoms with van der Waals surface area (Å²) in [6.45, 7) is 0. The molecule has 10 aromatic rings. The van der Waals surface area contributed by atoms with Gasteiger partial charge in [0.2, 0.25) is 0 Å². The minimum Gasteiger partial charge on any atom is -0.456 e. The van der Waals surface area contributed by atoms with Crippen molar-refractivity contribution in [3.05, 3.63) is 176 Å². The van der Waals surface area contributed by atoms with Crippen LogP contribution in [0.25, 0.3) is 76.9 Å². The molecule has 0 spiro atoms. The first kappa shape index (κ1) is 27.5. The van der Waals surface area contributed by atoms with Gasteiger partial charge in [0.25, 0.3) is 0 Å². The standard InChI is InChI=1S/C46H29NO2/c1-3-11-30(12-4-1)32-21-25-38-42-29-40(36-15-7-8-17-39(36)46(42)49-45(38)27-32)31-19-22-34(23-20-31)47(33-13-5-2-6-14-33)35-24-26-44-41(28-35)37-16-9-10-18-43(37)48-44/h1-29H. The molecule has 0 atom stereocenters. The summed E-state index contributed by atoms with van der Waals surface area (Å²) in [5.41, 5.74) is 11.5. The minimum atomic E-state index is 0.888. The highest BCUT2D eigenvalue weighted by molar-refractivity contribution is 6.19. The van der Waals surface area contributed by atoms with E-state index in [4.69, 9.17) is 8.83 Å². The van der Waals surface area contributed by atoms with Crippen molar-refractivity contribution in [3.63, 3.8) is 0 Å². The number of benzene rings is 8. The zero-order valence-corrected chi connectivity index (χ0v) is 26.5. The molecule has 2 aromatic heterocycles. The third-order valence-corrected chi connectivity index (χ3v) is 9.66. The number of hydrogen-bond donors (Lipinski definition) is 0. The molecule has 10 rings (SSSR count). The van der Waals surface area contributed by atoms with E-state index in [0.29, 0.717) is 0 Å². The molecule has 2 heterocycles. The van der Waals surface area contributed by atoms with Crippen LogP contribution in [0.15, 0.2) is 185 Å². The van der Waals surface area contributed by atoms with Crippen molar-refractivity contribution in [1.82, 2.24) is 0 Å². The number of fused-ring (bicyclic) bond motifs is 8. The largest absolute Gasteiger partial charge is 0.456 e. The van der Waals surface area contributed by atoms with Crippen LogP contribution in [0.1, 0.15) is 0 Å². The predicted octanol–water partition coefficient (Wildman–Crippen LogP) is 13.4. The summed E-state index contributed by atoms with van der Waals surface area (Å²) >= 11 is 0. The van der Waals surface area contributed by atoms with E-state index in [9.17, 15) is 0 Å². The lowest BCUT2D eigenvalue weighted by atomic mass is 9.95. The molecule has 0 saturated heterocycles. The monoisotopic (exact) mass is 627 g/mol. The lowest BCUT2D eigenvalue weighted by Gasteiger charge is -2.25. The second kappa shape index (κ2) is 11.0. The summed E-state index contributed by atoms with van der Waals surface area (Å²) in [6, 6.07) is 62.0. The Morgan fingerprint density at radius 1 is 0.306 bits per heavy atom. The van der Waals surface area contributed by atoms with Crippen molar-refractivity contribution in [2.24, 2.45) is 0 Å². The Morgan fingerprint density at radius 2 is 0.918 bits per heavy atom. The summed E-state index contributed by atoms with van der Waals surface area (Å²) in [5.74, 6) is 0. The Labute approximate surface area is 282 Å². The fourth-order valence-electron chi connectivity index (χ4n) is 7.31. The van der Waals surface area contributed by atoms with Crippen LogP contribution in [-0.4, -0.2) is 0 Å². The molecule has 3 heteroatoms.